The van der Waals surface area contributed by atoms with Crippen LogP contribution in [0.4, 0.5) is 5.69 Å². The fourth-order valence-electron chi connectivity index (χ4n) is 2.00. The monoisotopic (exact) mass is 338 g/mol. The van der Waals surface area contributed by atoms with Crippen LogP contribution in [0.5, 0.6) is 5.75 Å². The quantitative estimate of drug-likeness (QED) is 0.598. The molecule has 0 saturated carbocycles. The van der Waals surface area contributed by atoms with Crippen LogP contribution in [0.1, 0.15) is 22.8 Å². The molecular formula is C19H18N2O4. The van der Waals surface area contributed by atoms with Crippen LogP contribution in [-0.2, 0) is 9.59 Å². The summed E-state index contributed by atoms with van der Waals surface area (Å²) in [5, 5.41) is 2.70. The second-order valence-electron chi connectivity index (χ2n) is 5.28. The summed E-state index contributed by atoms with van der Waals surface area (Å²) in [7, 11) is 0. The fourth-order valence-corrected chi connectivity index (χ4v) is 2.00. The summed E-state index contributed by atoms with van der Waals surface area (Å²) < 4.78 is 5.15. The van der Waals surface area contributed by atoms with E-state index in [1.165, 1.54) is 13.0 Å². The molecule has 25 heavy (non-hydrogen) atoms. The average Bonchev–Trinajstić information content (AvgIpc) is 2.59. The number of nitrogens with two attached hydrogens (primary N) is 1. The van der Waals surface area contributed by atoms with Gasteiger partial charge in [0.25, 0.3) is 5.91 Å². The molecule has 2 rings (SSSR count). The Hall–Kier alpha value is -3.41. The largest absolute Gasteiger partial charge is 0.484 e. The number of rotatable bonds is 7. The summed E-state index contributed by atoms with van der Waals surface area (Å²) >= 11 is 0. The lowest BCUT2D eigenvalue weighted by atomic mass is 10.1. The van der Waals surface area contributed by atoms with Gasteiger partial charge in [0.05, 0.1) is 0 Å². The maximum absolute atomic E-state index is 12.0. The molecule has 6 heteroatoms. The van der Waals surface area contributed by atoms with Crippen molar-refractivity contribution in [3.8, 4) is 5.75 Å². The summed E-state index contributed by atoms with van der Waals surface area (Å²) in [5.74, 6) is -0.407. The first-order chi connectivity index (χ1) is 11.9. The molecule has 0 heterocycles. The van der Waals surface area contributed by atoms with Gasteiger partial charge < -0.3 is 15.8 Å². The van der Waals surface area contributed by atoms with Crippen LogP contribution in [0.15, 0.2) is 54.6 Å². The SMILES string of the molecule is CC(=O)c1cccc(NC(=O)/C=C/c2ccc(OCC(N)=O)cc2)c1. The molecule has 128 valence electrons. The predicted molar refractivity (Wildman–Crippen MR) is 95.2 cm³/mol. The maximum Gasteiger partial charge on any atom is 0.255 e. The van der Waals surface area contributed by atoms with Crippen LogP contribution in [0.2, 0.25) is 0 Å². The summed E-state index contributed by atoms with van der Waals surface area (Å²) in [6.45, 7) is 1.29. The zero-order chi connectivity index (χ0) is 18.2. The highest BCUT2D eigenvalue weighted by Crippen LogP contribution is 2.14. The lowest BCUT2D eigenvalue weighted by Gasteiger charge is -2.04. The van der Waals surface area contributed by atoms with Gasteiger partial charge in [0.1, 0.15) is 5.75 Å². The summed E-state index contributed by atoms with van der Waals surface area (Å²) in [6, 6.07) is 13.6. The number of amides is 2. The van der Waals surface area contributed by atoms with Gasteiger partial charge in [-0.25, -0.2) is 0 Å². The van der Waals surface area contributed by atoms with Crippen molar-refractivity contribution in [2.24, 2.45) is 5.73 Å². The van der Waals surface area contributed by atoms with Gasteiger partial charge in [-0.3, -0.25) is 14.4 Å². The highest BCUT2D eigenvalue weighted by Gasteiger charge is 2.02. The molecule has 2 aromatic rings. The van der Waals surface area contributed by atoms with E-state index in [4.69, 9.17) is 10.5 Å². The van der Waals surface area contributed by atoms with Crippen LogP contribution in [0.25, 0.3) is 6.08 Å². The molecule has 0 saturated heterocycles. The summed E-state index contributed by atoms with van der Waals surface area (Å²) in [5.41, 5.74) is 6.88. The van der Waals surface area contributed by atoms with Gasteiger partial charge in [0, 0.05) is 17.3 Å². The molecule has 0 aromatic heterocycles. The number of carbonyl (C=O) groups excluding carboxylic acids is 3. The van der Waals surface area contributed by atoms with Crippen LogP contribution >= 0.6 is 0 Å². The first-order valence-electron chi connectivity index (χ1n) is 7.55. The molecule has 0 spiro atoms. The number of ether oxygens (including phenoxy) is 1. The van der Waals surface area contributed by atoms with Gasteiger partial charge in [-0.05, 0) is 42.8 Å². The van der Waals surface area contributed by atoms with E-state index in [1.807, 2.05) is 0 Å². The van der Waals surface area contributed by atoms with E-state index in [-0.39, 0.29) is 18.3 Å². The molecule has 3 N–H and O–H groups in total. The van der Waals surface area contributed by atoms with E-state index >= 15 is 0 Å². The number of benzene rings is 2. The Morgan fingerprint density at radius 2 is 1.84 bits per heavy atom. The maximum atomic E-state index is 12.0. The summed E-state index contributed by atoms with van der Waals surface area (Å²) in [6.07, 6.45) is 3.03. The Morgan fingerprint density at radius 3 is 2.48 bits per heavy atom. The summed E-state index contributed by atoms with van der Waals surface area (Å²) in [4.78, 5) is 33.9. The van der Waals surface area contributed by atoms with Crippen molar-refractivity contribution in [2.75, 3.05) is 11.9 Å². The minimum Gasteiger partial charge on any atom is -0.484 e. The smallest absolute Gasteiger partial charge is 0.255 e. The third kappa shape index (κ3) is 5.95. The zero-order valence-corrected chi connectivity index (χ0v) is 13.7. The lowest BCUT2D eigenvalue weighted by molar-refractivity contribution is -0.120. The number of carbonyl (C=O) groups is 3. The topological polar surface area (TPSA) is 98.5 Å². The Kier molecular flexibility index (Phi) is 6.06. The number of primary amides is 1. The molecule has 0 aliphatic carbocycles. The van der Waals surface area contributed by atoms with Gasteiger partial charge in [-0.2, -0.15) is 0 Å². The number of Topliss-reactive ketones (excluding diaryl/α,β-unsaturated/α-hetero) is 1. The van der Waals surface area contributed by atoms with Crippen molar-refractivity contribution < 1.29 is 19.1 Å². The van der Waals surface area contributed by atoms with Crippen LogP contribution < -0.4 is 15.8 Å². The van der Waals surface area contributed by atoms with Gasteiger partial charge in [0.15, 0.2) is 12.4 Å². The first kappa shape index (κ1) is 17.9. The van der Waals surface area contributed by atoms with E-state index in [0.29, 0.717) is 17.0 Å². The van der Waals surface area contributed by atoms with E-state index < -0.39 is 5.91 Å². The number of ketones is 1. The van der Waals surface area contributed by atoms with Crippen molar-refractivity contribution >= 4 is 29.4 Å². The van der Waals surface area contributed by atoms with Gasteiger partial charge in [-0.1, -0.05) is 24.3 Å². The van der Waals surface area contributed by atoms with Crippen molar-refractivity contribution in [3.05, 3.63) is 65.7 Å². The highest BCUT2D eigenvalue weighted by atomic mass is 16.5. The molecule has 0 atom stereocenters. The fraction of sp³-hybridized carbons (Fsp3) is 0.105. The van der Waals surface area contributed by atoms with E-state index in [0.717, 1.165) is 5.56 Å². The van der Waals surface area contributed by atoms with Crippen molar-refractivity contribution in [2.45, 2.75) is 6.92 Å². The average molecular weight is 338 g/mol. The molecule has 2 aromatic carbocycles. The molecule has 0 radical (unpaired) electrons. The van der Waals surface area contributed by atoms with Gasteiger partial charge in [0.2, 0.25) is 5.91 Å². The molecule has 0 aliphatic heterocycles. The Balaban J connectivity index is 1.94. The number of anilines is 1. The molecule has 2 amide bonds. The van der Waals surface area contributed by atoms with Crippen molar-refractivity contribution in [1.29, 1.82) is 0 Å². The minimum atomic E-state index is -0.547. The minimum absolute atomic E-state index is 0.0646. The van der Waals surface area contributed by atoms with Crippen LogP contribution in [-0.4, -0.2) is 24.2 Å². The van der Waals surface area contributed by atoms with Gasteiger partial charge in [-0.15, -0.1) is 0 Å². The van der Waals surface area contributed by atoms with Crippen LogP contribution in [0, 0.1) is 0 Å². The standard InChI is InChI=1S/C19H18N2O4/c1-13(22)15-3-2-4-16(11-15)21-19(24)10-7-14-5-8-17(9-6-14)25-12-18(20)23/h2-11H,12H2,1H3,(H2,20,23)(H,21,24)/b10-7+. The Morgan fingerprint density at radius 1 is 1.12 bits per heavy atom. The zero-order valence-electron chi connectivity index (χ0n) is 13.7. The molecule has 0 fully saturated rings. The third-order valence-electron chi connectivity index (χ3n) is 3.22. The van der Waals surface area contributed by atoms with E-state index in [2.05, 4.69) is 5.32 Å². The number of hydrogen-bond donors (Lipinski definition) is 2. The Bertz CT molecular complexity index is 810. The number of nitrogens with one attached hydrogen (secondary N) is 1. The molecular weight excluding hydrogens is 320 g/mol. The van der Waals surface area contributed by atoms with Crippen molar-refractivity contribution in [3.63, 3.8) is 0 Å². The van der Waals surface area contributed by atoms with Crippen LogP contribution in [0.3, 0.4) is 0 Å². The normalized spacial score (nSPS) is 10.4. The first-order valence-corrected chi connectivity index (χ1v) is 7.55. The molecule has 6 nitrogen and oxygen atoms in total. The number of hydrogen-bond acceptors (Lipinski definition) is 4. The molecule has 0 bridgehead atoms. The van der Waals surface area contributed by atoms with E-state index in [9.17, 15) is 14.4 Å². The second-order valence-corrected chi connectivity index (χ2v) is 5.28. The molecule has 0 unspecified atom stereocenters. The second kappa shape index (κ2) is 8.44. The van der Waals surface area contributed by atoms with Crippen molar-refractivity contribution in [1.82, 2.24) is 0 Å². The third-order valence-corrected chi connectivity index (χ3v) is 3.22. The molecule has 0 aliphatic rings. The van der Waals surface area contributed by atoms with E-state index in [1.54, 1.807) is 54.6 Å². The highest BCUT2D eigenvalue weighted by molar-refractivity contribution is 6.03. The predicted octanol–water partition coefficient (Wildman–Crippen LogP) is 2.41. The van der Waals surface area contributed by atoms with Gasteiger partial charge >= 0.3 is 0 Å². The Labute approximate surface area is 145 Å². The lowest BCUT2D eigenvalue weighted by Crippen LogP contribution is -2.19.